The van der Waals surface area contributed by atoms with Crippen molar-refractivity contribution in [3.05, 3.63) is 64.2 Å². The Labute approximate surface area is 136 Å². The molecule has 0 radical (unpaired) electrons. The second-order valence-corrected chi connectivity index (χ2v) is 5.36. The third-order valence-electron chi connectivity index (χ3n) is 3.11. The van der Waals surface area contributed by atoms with E-state index in [1.165, 1.54) is 12.3 Å². The van der Waals surface area contributed by atoms with Crippen LogP contribution >= 0.6 is 23.2 Å². The minimum Gasteiger partial charge on any atom is -0.467 e. The van der Waals surface area contributed by atoms with Gasteiger partial charge in [-0.25, -0.2) is 4.90 Å². The van der Waals surface area contributed by atoms with Crippen LogP contribution in [0.25, 0.3) is 0 Å². The number of halogens is 2. The van der Waals surface area contributed by atoms with Crippen molar-refractivity contribution in [2.75, 3.05) is 4.90 Å². The number of hydrogen-bond acceptors (Lipinski definition) is 4. The molecule has 112 valence electrons. The quantitative estimate of drug-likeness (QED) is 0.871. The van der Waals surface area contributed by atoms with Gasteiger partial charge in [-0.1, -0.05) is 29.3 Å². The highest BCUT2D eigenvalue weighted by molar-refractivity contribution is 6.52. The summed E-state index contributed by atoms with van der Waals surface area (Å²) in [5, 5.41) is 3.10. The number of furan rings is 1. The SMILES string of the molecule is O=C1C(Cl)=C(NCc2ccco2)C(=O)N1c1cccc(Cl)c1. The van der Waals surface area contributed by atoms with Gasteiger partial charge in [-0.3, -0.25) is 9.59 Å². The Morgan fingerprint density at radius 1 is 1.09 bits per heavy atom. The van der Waals surface area contributed by atoms with E-state index in [0.29, 0.717) is 16.5 Å². The van der Waals surface area contributed by atoms with Gasteiger partial charge in [0.25, 0.3) is 11.8 Å². The summed E-state index contributed by atoms with van der Waals surface area (Å²) in [6, 6.07) is 9.92. The van der Waals surface area contributed by atoms with Crippen LogP contribution in [0.15, 0.2) is 57.8 Å². The Balaban J connectivity index is 1.83. The third kappa shape index (κ3) is 2.61. The van der Waals surface area contributed by atoms with E-state index in [4.69, 9.17) is 27.6 Å². The number of nitrogens with zero attached hydrogens (tertiary/aromatic N) is 1. The number of anilines is 1. The molecule has 0 aliphatic carbocycles. The molecule has 0 spiro atoms. The molecule has 0 bridgehead atoms. The van der Waals surface area contributed by atoms with Gasteiger partial charge in [0.05, 0.1) is 18.5 Å². The van der Waals surface area contributed by atoms with E-state index in [9.17, 15) is 9.59 Å². The third-order valence-corrected chi connectivity index (χ3v) is 3.70. The van der Waals surface area contributed by atoms with Gasteiger partial charge in [0.1, 0.15) is 16.5 Å². The summed E-state index contributed by atoms with van der Waals surface area (Å²) in [5.74, 6) is -0.488. The highest BCUT2D eigenvalue weighted by Gasteiger charge is 2.38. The van der Waals surface area contributed by atoms with Crippen LogP contribution in [0, 0.1) is 0 Å². The van der Waals surface area contributed by atoms with Crippen molar-refractivity contribution in [3.63, 3.8) is 0 Å². The molecule has 22 heavy (non-hydrogen) atoms. The molecule has 1 aliphatic heterocycles. The Morgan fingerprint density at radius 2 is 1.91 bits per heavy atom. The maximum absolute atomic E-state index is 12.4. The summed E-state index contributed by atoms with van der Waals surface area (Å²) in [6.45, 7) is 0.251. The minimum absolute atomic E-state index is 0.0445. The van der Waals surface area contributed by atoms with Gasteiger partial charge in [-0.2, -0.15) is 0 Å². The van der Waals surface area contributed by atoms with E-state index < -0.39 is 11.8 Å². The number of carbonyl (C=O) groups is 2. The maximum atomic E-state index is 12.4. The molecule has 1 aromatic carbocycles. The van der Waals surface area contributed by atoms with Gasteiger partial charge in [0.15, 0.2) is 0 Å². The maximum Gasteiger partial charge on any atom is 0.283 e. The normalized spacial score (nSPS) is 14.9. The lowest BCUT2D eigenvalue weighted by atomic mass is 10.3. The lowest BCUT2D eigenvalue weighted by Gasteiger charge is -2.15. The molecule has 0 fully saturated rings. The smallest absolute Gasteiger partial charge is 0.283 e. The van der Waals surface area contributed by atoms with Gasteiger partial charge in [0.2, 0.25) is 0 Å². The summed E-state index contributed by atoms with van der Waals surface area (Å²) in [5.41, 5.74) is 0.415. The predicted octanol–water partition coefficient (Wildman–Crippen LogP) is 3.05. The second kappa shape index (κ2) is 5.87. The number of nitrogens with one attached hydrogen (secondary N) is 1. The monoisotopic (exact) mass is 336 g/mol. The first-order chi connectivity index (χ1) is 10.6. The Kier molecular flexibility index (Phi) is 3.92. The van der Waals surface area contributed by atoms with Crippen LogP contribution in [0.4, 0.5) is 5.69 Å². The Bertz CT molecular complexity index is 769. The van der Waals surface area contributed by atoms with Crippen molar-refractivity contribution < 1.29 is 14.0 Å². The molecular weight excluding hydrogens is 327 g/mol. The van der Waals surface area contributed by atoms with Gasteiger partial charge in [-0.15, -0.1) is 0 Å². The number of benzene rings is 1. The van der Waals surface area contributed by atoms with Crippen molar-refractivity contribution >= 4 is 40.7 Å². The molecule has 1 aromatic heterocycles. The van der Waals surface area contributed by atoms with Crippen molar-refractivity contribution in [2.24, 2.45) is 0 Å². The summed E-state index contributed by atoms with van der Waals surface area (Å²) >= 11 is 11.9. The number of rotatable bonds is 4. The molecule has 2 aromatic rings. The van der Waals surface area contributed by atoms with E-state index in [1.807, 2.05) is 0 Å². The first kappa shape index (κ1) is 14.7. The lowest BCUT2D eigenvalue weighted by Crippen LogP contribution is -2.33. The number of carbonyl (C=O) groups excluding carboxylic acids is 2. The van der Waals surface area contributed by atoms with Gasteiger partial charge in [-0.05, 0) is 30.3 Å². The van der Waals surface area contributed by atoms with Crippen LogP contribution in [0.1, 0.15) is 5.76 Å². The zero-order chi connectivity index (χ0) is 15.7. The summed E-state index contributed by atoms with van der Waals surface area (Å²) in [7, 11) is 0. The molecule has 0 saturated carbocycles. The highest BCUT2D eigenvalue weighted by atomic mass is 35.5. The largest absolute Gasteiger partial charge is 0.467 e. The standard InChI is InChI=1S/C15H10Cl2N2O3/c16-9-3-1-4-10(7-9)19-14(20)12(17)13(15(19)21)18-8-11-5-2-6-22-11/h1-7,18H,8H2. The van der Waals surface area contributed by atoms with Gasteiger partial charge < -0.3 is 9.73 Å². The lowest BCUT2D eigenvalue weighted by molar-refractivity contribution is -0.120. The van der Waals surface area contributed by atoms with E-state index in [0.717, 1.165) is 4.90 Å². The number of imide groups is 1. The average molecular weight is 337 g/mol. The highest BCUT2D eigenvalue weighted by Crippen LogP contribution is 2.29. The molecule has 0 atom stereocenters. The molecular formula is C15H10Cl2N2O3. The number of hydrogen-bond donors (Lipinski definition) is 1. The summed E-state index contributed by atoms with van der Waals surface area (Å²) < 4.78 is 5.16. The predicted molar refractivity (Wildman–Crippen MR) is 82.4 cm³/mol. The molecule has 0 saturated heterocycles. The summed E-state index contributed by atoms with van der Waals surface area (Å²) in [6.07, 6.45) is 1.52. The van der Waals surface area contributed by atoms with Gasteiger partial charge >= 0.3 is 0 Å². The van der Waals surface area contributed by atoms with E-state index in [-0.39, 0.29) is 17.3 Å². The average Bonchev–Trinajstić information content (AvgIpc) is 3.07. The van der Waals surface area contributed by atoms with E-state index >= 15 is 0 Å². The van der Waals surface area contributed by atoms with Crippen molar-refractivity contribution in [1.82, 2.24) is 5.32 Å². The van der Waals surface area contributed by atoms with Crippen LogP contribution in [0.2, 0.25) is 5.02 Å². The summed E-state index contributed by atoms with van der Waals surface area (Å²) in [4.78, 5) is 25.6. The Morgan fingerprint density at radius 3 is 2.59 bits per heavy atom. The zero-order valence-electron chi connectivity index (χ0n) is 11.2. The van der Waals surface area contributed by atoms with Gasteiger partial charge in [0, 0.05) is 5.02 Å². The van der Waals surface area contributed by atoms with Crippen molar-refractivity contribution in [3.8, 4) is 0 Å². The molecule has 0 unspecified atom stereocenters. The van der Waals surface area contributed by atoms with Crippen LogP contribution in [-0.4, -0.2) is 11.8 Å². The molecule has 3 rings (SSSR count). The molecule has 2 amide bonds. The fourth-order valence-corrected chi connectivity index (χ4v) is 2.51. The van der Waals surface area contributed by atoms with Crippen LogP contribution in [0.5, 0.6) is 0 Å². The molecule has 1 aliphatic rings. The molecule has 1 N–H and O–H groups in total. The van der Waals surface area contributed by atoms with Crippen molar-refractivity contribution in [2.45, 2.75) is 6.54 Å². The topological polar surface area (TPSA) is 62.6 Å². The van der Waals surface area contributed by atoms with E-state index in [1.54, 1.807) is 30.3 Å². The fourth-order valence-electron chi connectivity index (χ4n) is 2.09. The minimum atomic E-state index is -0.587. The van der Waals surface area contributed by atoms with E-state index in [2.05, 4.69) is 5.32 Å². The van der Waals surface area contributed by atoms with Crippen molar-refractivity contribution in [1.29, 1.82) is 0 Å². The Hall–Kier alpha value is -2.24. The van der Waals surface area contributed by atoms with Crippen LogP contribution < -0.4 is 10.2 Å². The number of amides is 2. The second-order valence-electron chi connectivity index (χ2n) is 4.55. The first-order valence-electron chi connectivity index (χ1n) is 6.38. The first-order valence-corrected chi connectivity index (χ1v) is 7.14. The van der Waals surface area contributed by atoms with Crippen LogP contribution in [0.3, 0.4) is 0 Å². The molecule has 7 heteroatoms. The van der Waals surface area contributed by atoms with Crippen LogP contribution in [-0.2, 0) is 16.1 Å². The molecule has 2 heterocycles. The molecule has 5 nitrogen and oxygen atoms in total. The zero-order valence-corrected chi connectivity index (χ0v) is 12.7. The fraction of sp³-hybridized carbons (Fsp3) is 0.0667.